The van der Waals surface area contributed by atoms with Crippen LogP contribution in [0.1, 0.15) is 13.8 Å². The summed E-state index contributed by atoms with van der Waals surface area (Å²) >= 11 is 3.20. The van der Waals surface area contributed by atoms with Crippen molar-refractivity contribution in [3.8, 4) is 0 Å². The van der Waals surface area contributed by atoms with Crippen LogP contribution in [0.2, 0.25) is 0 Å². The first kappa shape index (κ1) is 11.9. The number of rotatable bonds is 4. The summed E-state index contributed by atoms with van der Waals surface area (Å²) in [6.45, 7) is 4.58. The van der Waals surface area contributed by atoms with E-state index in [4.69, 9.17) is 0 Å². The van der Waals surface area contributed by atoms with Gasteiger partial charge in [-0.05, 0) is 27.9 Å². The van der Waals surface area contributed by atoms with E-state index in [0.29, 0.717) is 12.6 Å². The second kappa shape index (κ2) is 5.54. The Balaban J connectivity index is 3.61. The number of alkyl halides is 1. The molecule has 0 aromatic heterocycles. The molecule has 0 saturated heterocycles. The first-order valence-corrected chi connectivity index (χ1v) is 4.95. The van der Waals surface area contributed by atoms with Gasteiger partial charge in [0.1, 0.15) is 0 Å². The van der Waals surface area contributed by atoms with Crippen molar-refractivity contribution in [3.63, 3.8) is 0 Å². The minimum absolute atomic E-state index is 0.0451. The van der Waals surface area contributed by atoms with Gasteiger partial charge in [0, 0.05) is 12.6 Å². The molecule has 0 aliphatic heterocycles. The fraction of sp³-hybridized carbons (Fsp3) is 0.875. The van der Waals surface area contributed by atoms with Crippen LogP contribution in [-0.2, 0) is 4.79 Å². The summed E-state index contributed by atoms with van der Waals surface area (Å²) in [5.74, 6) is 0.0451. The van der Waals surface area contributed by atoms with Gasteiger partial charge in [-0.15, -0.1) is 0 Å². The van der Waals surface area contributed by atoms with Crippen molar-refractivity contribution in [3.05, 3.63) is 0 Å². The Hall–Kier alpha value is -0.0900. The van der Waals surface area contributed by atoms with Crippen LogP contribution in [0.3, 0.4) is 0 Å². The standard InChI is InChI=1S/C8H17BrN2O/c1-6(11(3)4)5-10-8(12)7(2)9/h6-7H,5H2,1-4H3,(H,10,12). The zero-order valence-electron chi connectivity index (χ0n) is 8.10. The Morgan fingerprint density at radius 1 is 1.50 bits per heavy atom. The number of likely N-dealkylation sites (N-methyl/N-ethyl adjacent to an activating group) is 1. The number of amides is 1. The lowest BCUT2D eigenvalue weighted by Crippen LogP contribution is -2.40. The van der Waals surface area contributed by atoms with Gasteiger partial charge in [-0.2, -0.15) is 0 Å². The minimum Gasteiger partial charge on any atom is -0.354 e. The van der Waals surface area contributed by atoms with E-state index in [9.17, 15) is 4.79 Å². The SMILES string of the molecule is CC(Br)C(=O)NCC(C)N(C)C. The summed E-state index contributed by atoms with van der Waals surface area (Å²) in [6, 6.07) is 0.375. The Morgan fingerprint density at radius 2 is 2.00 bits per heavy atom. The monoisotopic (exact) mass is 236 g/mol. The molecule has 0 bridgehead atoms. The third-order valence-corrected chi connectivity index (χ3v) is 2.23. The lowest BCUT2D eigenvalue weighted by atomic mass is 10.3. The van der Waals surface area contributed by atoms with E-state index in [2.05, 4.69) is 33.1 Å². The van der Waals surface area contributed by atoms with Crippen LogP contribution in [0.15, 0.2) is 0 Å². The molecule has 0 aromatic rings. The summed E-state index contributed by atoms with van der Waals surface area (Å²) < 4.78 is 0. The third-order valence-electron chi connectivity index (χ3n) is 1.81. The van der Waals surface area contributed by atoms with Crippen LogP contribution in [0.5, 0.6) is 0 Å². The summed E-state index contributed by atoms with van der Waals surface area (Å²) in [5, 5.41) is 2.84. The van der Waals surface area contributed by atoms with Gasteiger partial charge in [0.25, 0.3) is 0 Å². The Labute approximate surface area is 82.6 Å². The Morgan fingerprint density at radius 3 is 2.33 bits per heavy atom. The number of nitrogens with one attached hydrogen (secondary N) is 1. The first-order chi connectivity index (χ1) is 5.45. The van der Waals surface area contributed by atoms with Gasteiger partial charge in [0.05, 0.1) is 4.83 Å². The van der Waals surface area contributed by atoms with Gasteiger partial charge in [0.2, 0.25) is 5.91 Å². The highest BCUT2D eigenvalue weighted by Crippen LogP contribution is 1.96. The lowest BCUT2D eigenvalue weighted by Gasteiger charge is -2.20. The van der Waals surface area contributed by atoms with Gasteiger partial charge in [0.15, 0.2) is 0 Å². The predicted molar refractivity (Wildman–Crippen MR) is 54.5 cm³/mol. The number of carbonyl (C=O) groups is 1. The minimum atomic E-state index is -0.105. The fourth-order valence-electron chi connectivity index (χ4n) is 0.572. The molecule has 0 aliphatic carbocycles. The highest BCUT2D eigenvalue weighted by atomic mass is 79.9. The van der Waals surface area contributed by atoms with Crippen molar-refractivity contribution in [1.29, 1.82) is 0 Å². The maximum atomic E-state index is 11.1. The molecular weight excluding hydrogens is 220 g/mol. The third kappa shape index (κ3) is 4.72. The molecule has 0 spiro atoms. The van der Waals surface area contributed by atoms with Crippen LogP contribution in [0.4, 0.5) is 0 Å². The quantitative estimate of drug-likeness (QED) is 0.735. The molecular formula is C8H17BrN2O. The van der Waals surface area contributed by atoms with Gasteiger partial charge >= 0.3 is 0 Å². The van der Waals surface area contributed by atoms with Crippen molar-refractivity contribution < 1.29 is 4.79 Å². The van der Waals surface area contributed by atoms with E-state index in [-0.39, 0.29) is 10.7 Å². The average molecular weight is 237 g/mol. The maximum absolute atomic E-state index is 11.1. The van der Waals surface area contributed by atoms with Crippen molar-refractivity contribution in [2.75, 3.05) is 20.6 Å². The molecule has 2 unspecified atom stereocenters. The largest absolute Gasteiger partial charge is 0.354 e. The van der Waals surface area contributed by atoms with Crippen LogP contribution < -0.4 is 5.32 Å². The fourth-order valence-corrected chi connectivity index (χ4v) is 0.733. The zero-order chi connectivity index (χ0) is 9.72. The molecule has 1 amide bonds. The molecule has 0 rings (SSSR count). The van der Waals surface area contributed by atoms with Crippen molar-refractivity contribution >= 4 is 21.8 Å². The number of halogens is 1. The van der Waals surface area contributed by atoms with Crippen LogP contribution >= 0.6 is 15.9 Å². The molecule has 0 aliphatic rings. The molecule has 3 nitrogen and oxygen atoms in total. The van der Waals surface area contributed by atoms with Gasteiger partial charge in [-0.1, -0.05) is 15.9 Å². The molecule has 0 aromatic carbocycles. The predicted octanol–water partition coefficient (Wildman–Crippen LogP) is 0.836. The van der Waals surface area contributed by atoms with Crippen molar-refractivity contribution in [2.45, 2.75) is 24.7 Å². The highest BCUT2D eigenvalue weighted by molar-refractivity contribution is 9.10. The molecule has 0 heterocycles. The van der Waals surface area contributed by atoms with E-state index < -0.39 is 0 Å². The summed E-state index contributed by atoms with van der Waals surface area (Å²) in [7, 11) is 3.99. The average Bonchev–Trinajstić information content (AvgIpc) is 1.98. The maximum Gasteiger partial charge on any atom is 0.233 e. The molecule has 0 saturated carbocycles. The molecule has 0 fully saturated rings. The number of hydrogen-bond acceptors (Lipinski definition) is 2. The van der Waals surface area contributed by atoms with Crippen molar-refractivity contribution in [2.24, 2.45) is 0 Å². The first-order valence-electron chi connectivity index (χ1n) is 4.03. The lowest BCUT2D eigenvalue weighted by molar-refractivity contribution is -0.120. The second-order valence-electron chi connectivity index (χ2n) is 3.17. The Bertz CT molecular complexity index is 148. The van der Waals surface area contributed by atoms with E-state index in [1.54, 1.807) is 0 Å². The smallest absolute Gasteiger partial charge is 0.233 e. The van der Waals surface area contributed by atoms with Crippen LogP contribution in [0, 0.1) is 0 Å². The number of hydrogen-bond donors (Lipinski definition) is 1. The van der Waals surface area contributed by atoms with Crippen LogP contribution in [-0.4, -0.2) is 42.3 Å². The molecule has 72 valence electrons. The summed E-state index contributed by atoms with van der Waals surface area (Å²) in [4.78, 5) is 13.1. The van der Waals surface area contributed by atoms with Crippen LogP contribution in [0.25, 0.3) is 0 Å². The van der Waals surface area contributed by atoms with E-state index >= 15 is 0 Å². The van der Waals surface area contributed by atoms with Gasteiger partial charge in [-0.3, -0.25) is 4.79 Å². The molecule has 1 N–H and O–H groups in total. The van der Waals surface area contributed by atoms with E-state index in [1.165, 1.54) is 0 Å². The number of nitrogens with zero attached hydrogens (tertiary/aromatic N) is 1. The highest BCUT2D eigenvalue weighted by Gasteiger charge is 2.10. The molecule has 12 heavy (non-hydrogen) atoms. The van der Waals surface area contributed by atoms with Gasteiger partial charge < -0.3 is 10.2 Å². The topological polar surface area (TPSA) is 32.3 Å². The molecule has 4 heteroatoms. The van der Waals surface area contributed by atoms with Gasteiger partial charge in [-0.25, -0.2) is 0 Å². The normalized spacial score (nSPS) is 15.8. The summed E-state index contributed by atoms with van der Waals surface area (Å²) in [5.41, 5.74) is 0. The van der Waals surface area contributed by atoms with Crippen molar-refractivity contribution in [1.82, 2.24) is 10.2 Å². The molecule has 2 atom stereocenters. The summed E-state index contributed by atoms with van der Waals surface area (Å²) in [6.07, 6.45) is 0. The zero-order valence-corrected chi connectivity index (χ0v) is 9.68. The Kier molecular flexibility index (Phi) is 5.50. The van der Waals surface area contributed by atoms with E-state index in [1.807, 2.05) is 21.0 Å². The number of carbonyl (C=O) groups excluding carboxylic acids is 1. The second-order valence-corrected chi connectivity index (χ2v) is 4.55. The molecule has 0 radical (unpaired) electrons. The van der Waals surface area contributed by atoms with E-state index in [0.717, 1.165) is 0 Å².